The minimum atomic E-state index is 0.283. The van der Waals surface area contributed by atoms with Gasteiger partial charge in [-0.25, -0.2) is 0 Å². The van der Waals surface area contributed by atoms with Crippen LogP contribution >= 0.6 is 0 Å². The van der Waals surface area contributed by atoms with Crippen molar-refractivity contribution in [2.45, 2.75) is 51.1 Å². The fourth-order valence-corrected chi connectivity index (χ4v) is 3.03. The van der Waals surface area contributed by atoms with E-state index in [9.17, 15) is 0 Å². The molecule has 1 fully saturated rings. The first kappa shape index (κ1) is 13.6. The Morgan fingerprint density at radius 2 is 1.95 bits per heavy atom. The average molecular weight is 277 g/mol. The molecule has 1 saturated carbocycles. The molecule has 2 aliphatic rings. The lowest BCUT2D eigenvalue weighted by Crippen LogP contribution is -2.27. The molecule has 1 aromatic carbocycles. The average Bonchev–Trinajstić information content (AvgIpc) is 2.79. The van der Waals surface area contributed by atoms with Crippen molar-refractivity contribution < 1.29 is 14.2 Å². The first-order chi connectivity index (χ1) is 9.86. The van der Waals surface area contributed by atoms with E-state index in [2.05, 4.69) is 11.4 Å². The van der Waals surface area contributed by atoms with Gasteiger partial charge in [0.05, 0.1) is 7.11 Å². The van der Waals surface area contributed by atoms with Crippen LogP contribution in [0.3, 0.4) is 0 Å². The van der Waals surface area contributed by atoms with E-state index in [4.69, 9.17) is 14.2 Å². The van der Waals surface area contributed by atoms with Gasteiger partial charge in [0.2, 0.25) is 12.5 Å². The molecule has 20 heavy (non-hydrogen) atoms. The summed E-state index contributed by atoms with van der Waals surface area (Å²) in [5, 5.41) is 3.67. The maximum atomic E-state index is 5.46. The second kappa shape index (κ2) is 6.35. The summed E-state index contributed by atoms with van der Waals surface area (Å²) in [6.45, 7) is 1.14. The third kappa shape index (κ3) is 3.01. The van der Waals surface area contributed by atoms with Crippen LogP contribution in [-0.2, 0) is 6.54 Å². The number of ether oxygens (including phenoxy) is 3. The first-order valence-corrected chi connectivity index (χ1v) is 7.56. The standard InChI is InChI=1S/C16H23NO3/c1-18-14-8-12(9-15-16(14)20-11-19-15)10-17-13-6-4-2-3-5-7-13/h8-9,13,17H,2-7,10-11H2,1H3. The summed E-state index contributed by atoms with van der Waals surface area (Å²) in [6.07, 6.45) is 8.06. The van der Waals surface area contributed by atoms with Gasteiger partial charge >= 0.3 is 0 Å². The molecule has 0 bridgehead atoms. The van der Waals surface area contributed by atoms with E-state index in [1.165, 1.54) is 44.1 Å². The number of benzene rings is 1. The van der Waals surface area contributed by atoms with Crippen molar-refractivity contribution in [3.63, 3.8) is 0 Å². The molecular formula is C16H23NO3. The monoisotopic (exact) mass is 277 g/mol. The van der Waals surface area contributed by atoms with Gasteiger partial charge in [0.25, 0.3) is 0 Å². The molecule has 0 saturated heterocycles. The molecule has 0 radical (unpaired) electrons. The van der Waals surface area contributed by atoms with E-state index >= 15 is 0 Å². The van der Waals surface area contributed by atoms with E-state index in [0.29, 0.717) is 6.04 Å². The summed E-state index contributed by atoms with van der Waals surface area (Å²) < 4.78 is 16.3. The zero-order valence-electron chi connectivity index (χ0n) is 12.1. The quantitative estimate of drug-likeness (QED) is 0.858. The van der Waals surface area contributed by atoms with Crippen LogP contribution in [0.25, 0.3) is 0 Å². The number of rotatable bonds is 4. The minimum absolute atomic E-state index is 0.283. The van der Waals surface area contributed by atoms with Crippen molar-refractivity contribution in [2.75, 3.05) is 13.9 Å². The number of nitrogens with one attached hydrogen (secondary N) is 1. The molecule has 1 aliphatic heterocycles. The van der Waals surface area contributed by atoms with Crippen LogP contribution in [0.1, 0.15) is 44.1 Å². The largest absolute Gasteiger partial charge is 0.493 e. The Balaban J connectivity index is 1.65. The summed E-state index contributed by atoms with van der Waals surface area (Å²) in [4.78, 5) is 0. The fourth-order valence-electron chi connectivity index (χ4n) is 3.03. The molecule has 3 rings (SSSR count). The summed E-state index contributed by atoms with van der Waals surface area (Å²) in [5.74, 6) is 2.28. The van der Waals surface area contributed by atoms with Crippen LogP contribution < -0.4 is 19.5 Å². The Kier molecular flexibility index (Phi) is 4.31. The molecule has 110 valence electrons. The Labute approximate surface area is 120 Å². The fraction of sp³-hybridized carbons (Fsp3) is 0.625. The highest BCUT2D eigenvalue weighted by Crippen LogP contribution is 2.41. The smallest absolute Gasteiger partial charge is 0.231 e. The van der Waals surface area contributed by atoms with Crippen LogP contribution in [0, 0.1) is 0 Å². The highest BCUT2D eigenvalue weighted by atomic mass is 16.7. The Morgan fingerprint density at radius 1 is 1.15 bits per heavy atom. The molecule has 1 aliphatic carbocycles. The number of fused-ring (bicyclic) bond motifs is 1. The van der Waals surface area contributed by atoms with Gasteiger partial charge in [0.15, 0.2) is 11.5 Å². The van der Waals surface area contributed by atoms with Crippen LogP contribution in [0.5, 0.6) is 17.2 Å². The Bertz CT molecular complexity index is 453. The normalized spacial score (nSPS) is 18.9. The molecule has 4 heteroatoms. The summed E-state index contributed by atoms with van der Waals surface area (Å²) in [6, 6.07) is 4.74. The van der Waals surface area contributed by atoms with E-state index < -0.39 is 0 Å². The topological polar surface area (TPSA) is 39.7 Å². The zero-order chi connectivity index (χ0) is 13.8. The summed E-state index contributed by atoms with van der Waals surface area (Å²) in [5.41, 5.74) is 1.19. The van der Waals surface area contributed by atoms with Crippen LogP contribution in [0.15, 0.2) is 12.1 Å². The predicted molar refractivity (Wildman–Crippen MR) is 77.4 cm³/mol. The minimum Gasteiger partial charge on any atom is -0.493 e. The molecule has 0 unspecified atom stereocenters. The predicted octanol–water partition coefficient (Wildman–Crippen LogP) is 3.24. The second-order valence-electron chi connectivity index (χ2n) is 5.60. The van der Waals surface area contributed by atoms with Gasteiger partial charge in [0, 0.05) is 12.6 Å². The van der Waals surface area contributed by atoms with Crippen molar-refractivity contribution in [1.29, 1.82) is 0 Å². The van der Waals surface area contributed by atoms with Gasteiger partial charge in [-0.05, 0) is 30.5 Å². The molecule has 4 nitrogen and oxygen atoms in total. The Hall–Kier alpha value is -1.42. The molecule has 0 atom stereocenters. The Morgan fingerprint density at radius 3 is 2.70 bits per heavy atom. The lowest BCUT2D eigenvalue weighted by atomic mass is 10.1. The molecule has 1 N–H and O–H groups in total. The van der Waals surface area contributed by atoms with E-state index in [-0.39, 0.29) is 6.79 Å². The lowest BCUT2D eigenvalue weighted by molar-refractivity contribution is 0.171. The molecule has 0 spiro atoms. The second-order valence-corrected chi connectivity index (χ2v) is 5.60. The molecule has 0 amide bonds. The first-order valence-electron chi connectivity index (χ1n) is 7.56. The van der Waals surface area contributed by atoms with Crippen molar-refractivity contribution in [2.24, 2.45) is 0 Å². The van der Waals surface area contributed by atoms with Crippen molar-refractivity contribution in [3.8, 4) is 17.2 Å². The van der Waals surface area contributed by atoms with Crippen LogP contribution in [-0.4, -0.2) is 19.9 Å². The molecule has 1 heterocycles. The lowest BCUT2D eigenvalue weighted by Gasteiger charge is -2.16. The third-order valence-corrected chi connectivity index (χ3v) is 4.17. The van der Waals surface area contributed by atoms with Crippen molar-refractivity contribution >= 4 is 0 Å². The van der Waals surface area contributed by atoms with Gasteiger partial charge in [-0.1, -0.05) is 25.7 Å². The number of methoxy groups -OCH3 is 1. The van der Waals surface area contributed by atoms with E-state index in [1.807, 2.05) is 6.07 Å². The van der Waals surface area contributed by atoms with Gasteiger partial charge < -0.3 is 19.5 Å². The highest BCUT2D eigenvalue weighted by Gasteiger charge is 2.20. The number of hydrogen-bond donors (Lipinski definition) is 1. The summed E-state index contributed by atoms with van der Waals surface area (Å²) >= 11 is 0. The maximum absolute atomic E-state index is 5.46. The SMILES string of the molecule is COc1cc(CNC2CCCCCC2)cc2c1OCO2. The van der Waals surface area contributed by atoms with Crippen LogP contribution in [0.4, 0.5) is 0 Å². The van der Waals surface area contributed by atoms with Gasteiger partial charge in [-0.3, -0.25) is 0 Å². The van der Waals surface area contributed by atoms with Crippen molar-refractivity contribution in [3.05, 3.63) is 17.7 Å². The number of hydrogen-bond acceptors (Lipinski definition) is 4. The highest BCUT2D eigenvalue weighted by molar-refractivity contribution is 5.55. The van der Waals surface area contributed by atoms with Crippen LogP contribution in [0.2, 0.25) is 0 Å². The maximum Gasteiger partial charge on any atom is 0.231 e. The van der Waals surface area contributed by atoms with Gasteiger partial charge in [0.1, 0.15) is 0 Å². The van der Waals surface area contributed by atoms with E-state index in [1.54, 1.807) is 7.11 Å². The van der Waals surface area contributed by atoms with E-state index in [0.717, 1.165) is 23.8 Å². The zero-order valence-corrected chi connectivity index (χ0v) is 12.1. The molecule has 1 aromatic rings. The van der Waals surface area contributed by atoms with Crippen molar-refractivity contribution in [1.82, 2.24) is 5.32 Å². The van der Waals surface area contributed by atoms with Gasteiger partial charge in [-0.15, -0.1) is 0 Å². The summed E-state index contributed by atoms with van der Waals surface area (Å²) in [7, 11) is 1.67. The molecular weight excluding hydrogens is 254 g/mol. The molecule has 0 aromatic heterocycles. The van der Waals surface area contributed by atoms with Gasteiger partial charge in [-0.2, -0.15) is 0 Å². The third-order valence-electron chi connectivity index (χ3n) is 4.17.